The minimum Gasteiger partial charge on any atom is -0.398 e. The highest BCUT2D eigenvalue weighted by Gasteiger charge is 2.17. The lowest BCUT2D eigenvalue weighted by molar-refractivity contribution is -0.387. The van der Waals surface area contributed by atoms with Crippen LogP contribution in [0.15, 0.2) is 12.1 Å². The summed E-state index contributed by atoms with van der Waals surface area (Å²) >= 11 is 0. The number of rotatable bonds is 2. The Balaban J connectivity index is 3.31. The number of nitro groups is 1. The molecule has 2 N–H and O–H groups in total. The van der Waals surface area contributed by atoms with E-state index >= 15 is 0 Å². The molecular weight excluding hydrogens is 187 g/mol. The summed E-state index contributed by atoms with van der Waals surface area (Å²) in [5, 5.41) is 10.4. The van der Waals surface area contributed by atoms with Gasteiger partial charge in [0.05, 0.1) is 4.92 Å². The van der Waals surface area contributed by atoms with Crippen molar-refractivity contribution in [3.05, 3.63) is 33.6 Å². The van der Waals surface area contributed by atoms with Crippen LogP contribution in [0.2, 0.25) is 0 Å². The molecule has 0 aliphatic rings. The Kier molecular flexibility index (Phi) is 2.69. The van der Waals surface area contributed by atoms with Crippen molar-refractivity contribution in [2.24, 2.45) is 0 Å². The van der Waals surface area contributed by atoms with Crippen molar-refractivity contribution in [2.75, 3.05) is 5.73 Å². The molecule has 0 atom stereocenters. The van der Waals surface area contributed by atoms with Gasteiger partial charge in [0.25, 0.3) is 0 Å². The maximum atomic E-state index is 13.1. The van der Waals surface area contributed by atoms with Crippen LogP contribution in [0.25, 0.3) is 0 Å². The molecule has 0 saturated heterocycles. The topological polar surface area (TPSA) is 69.2 Å². The lowest BCUT2D eigenvalue weighted by Gasteiger charge is -2.08. The molecule has 4 nitrogen and oxygen atoms in total. The molecule has 0 unspecified atom stereocenters. The van der Waals surface area contributed by atoms with Crippen molar-refractivity contribution < 1.29 is 9.31 Å². The number of nitrogen functional groups attached to an aromatic ring is 1. The Labute approximate surface area is 80.7 Å². The lowest BCUT2D eigenvalue weighted by atomic mass is 10.0. The molecule has 0 heterocycles. The molecule has 0 radical (unpaired) electrons. The largest absolute Gasteiger partial charge is 0.398 e. The van der Waals surface area contributed by atoms with Gasteiger partial charge in [-0.15, -0.1) is 0 Å². The first-order valence-electron chi connectivity index (χ1n) is 4.16. The van der Waals surface area contributed by atoms with E-state index in [1.165, 1.54) is 0 Å². The van der Waals surface area contributed by atoms with E-state index in [0.29, 0.717) is 5.56 Å². The summed E-state index contributed by atoms with van der Waals surface area (Å²) in [7, 11) is 0. The summed E-state index contributed by atoms with van der Waals surface area (Å²) in [6, 6.07) is 2.18. The molecule has 5 heteroatoms. The Hall–Kier alpha value is -1.65. The van der Waals surface area contributed by atoms with E-state index in [-0.39, 0.29) is 11.6 Å². The summed E-state index contributed by atoms with van der Waals surface area (Å²) in [5.74, 6) is -0.793. The van der Waals surface area contributed by atoms with Gasteiger partial charge in [0.1, 0.15) is 0 Å². The van der Waals surface area contributed by atoms with Crippen LogP contribution in [-0.4, -0.2) is 4.92 Å². The van der Waals surface area contributed by atoms with Crippen molar-refractivity contribution in [1.82, 2.24) is 0 Å². The Morgan fingerprint density at radius 1 is 1.50 bits per heavy atom. The van der Waals surface area contributed by atoms with Crippen LogP contribution in [0.3, 0.4) is 0 Å². The van der Waals surface area contributed by atoms with Gasteiger partial charge in [0.15, 0.2) is 0 Å². The standard InChI is InChI=1S/C9H11FN2O2/c1-5(2)6-3-7(10)9(12(13)14)4-8(6)11/h3-5H,11H2,1-2H3. The van der Waals surface area contributed by atoms with E-state index in [0.717, 1.165) is 12.1 Å². The first-order chi connectivity index (χ1) is 6.43. The second-order valence-corrected chi connectivity index (χ2v) is 3.34. The average Bonchev–Trinajstić information content (AvgIpc) is 2.07. The summed E-state index contributed by atoms with van der Waals surface area (Å²) in [6.07, 6.45) is 0. The molecule has 14 heavy (non-hydrogen) atoms. The fraction of sp³-hybridized carbons (Fsp3) is 0.333. The smallest absolute Gasteiger partial charge is 0.306 e. The first kappa shape index (κ1) is 10.4. The quantitative estimate of drug-likeness (QED) is 0.450. The second kappa shape index (κ2) is 3.61. The minimum absolute atomic E-state index is 0.0466. The molecule has 0 saturated carbocycles. The molecule has 1 aromatic rings. The number of benzene rings is 1. The van der Waals surface area contributed by atoms with Crippen molar-refractivity contribution in [1.29, 1.82) is 0 Å². The van der Waals surface area contributed by atoms with Crippen LogP contribution in [-0.2, 0) is 0 Å². The van der Waals surface area contributed by atoms with Gasteiger partial charge in [-0.1, -0.05) is 13.8 Å². The normalized spacial score (nSPS) is 10.6. The zero-order chi connectivity index (χ0) is 10.9. The van der Waals surface area contributed by atoms with Crippen LogP contribution in [0.5, 0.6) is 0 Å². The molecule has 0 bridgehead atoms. The number of hydrogen-bond donors (Lipinski definition) is 1. The van der Waals surface area contributed by atoms with E-state index in [9.17, 15) is 14.5 Å². The molecule has 1 aromatic carbocycles. The van der Waals surface area contributed by atoms with Crippen LogP contribution in [0.4, 0.5) is 15.8 Å². The third-order valence-electron chi connectivity index (χ3n) is 1.97. The monoisotopic (exact) mass is 198 g/mol. The molecule has 0 aliphatic carbocycles. The van der Waals surface area contributed by atoms with Gasteiger partial charge in [0, 0.05) is 11.8 Å². The predicted molar refractivity (Wildman–Crippen MR) is 51.6 cm³/mol. The second-order valence-electron chi connectivity index (χ2n) is 3.34. The molecule has 0 aromatic heterocycles. The molecular formula is C9H11FN2O2. The fourth-order valence-electron chi connectivity index (χ4n) is 1.23. The highest BCUT2D eigenvalue weighted by Crippen LogP contribution is 2.28. The highest BCUT2D eigenvalue weighted by atomic mass is 19.1. The third-order valence-corrected chi connectivity index (χ3v) is 1.97. The van der Waals surface area contributed by atoms with Gasteiger partial charge in [-0.05, 0) is 17.5 Å². The van der Waals surface area contributed by atoms with Crippen LogP contribution in [0.1, 0.15) is 25.3 Å². The molecule has 0 amide bonds. The maximum Gasteiger partial charge on any atom is 0.306 e. The van der Waals surface area contributed by atoms with Crippen molar-refractivity contribution in [2.45, 2.75) is 19.8 Å². The first-order valence-corrected chi connectivity index (χ1v) is 4.16. The summed E-state index contributed by atoms with van der Waals surface area (Å²) in [5.41, 5.74) is 5.83. The van der Waals surface area contributed by atoms with Gasteiger partial charge in [-0.25, -0.2) is 0 Å². The molecule has 0 aliphatic heterocycles. The Morgan fingerprint density at radius 2 is 2.07 bits per heavy atom. The van der Waals surface area contributed by atoms with Crippen molar-refractivity contribution in [3.8, 4) is 0 Å². The van der Waals surface area contributed by atoms with E-state index in [2.05, 4.69) is 0 Å². The maximum absolute atomic E-state index is 13.1. The molecule has 76 valence electrons. The molecule has 1 rings (SSSR count). The van der Waals surface area contributed by atoms with Gasteiger partial charge in [-0.3, -0.25) is 10.1 Å². The van der Waals surface area contributed by atoms with E-state index in [4.69, 9.17) is 5.73 Å². The zero-order valence-corrected chi connectivity index (χ0v) is 7.95. The summed E-state index contributed by atoms with van der Waals surface area (Å²) in [4.78, 5) is 9.58. The van der Waals surface area contributed by atoms with Crippen LogP contribution >= 0.6 is 0 Å². The molecule has 0 fully saturated rings. The van der Waals surface area contributed by atoms with E-state index in [1.807, 2.05) is 13.8 Å². The van der Waals surface area contributed by atoms with E-state index in [1.54, 1.807) is 0 Å². The SMILES string of the molecule is CC(C)c1cc(F)c([N+](=O)[O-])cc1N. The van der Waals surface area contributed by atoms with Crippen molar-refractivity contribution in [3.63, 3.8) is 0 Å². The van der Waals surface area contributed by atoms with Gasteiger partial charge >= 0.3 is 5.69 Å². The Morgan fingerprint density at radius 3 is 2.50 bits per heavy atom. The third kappa shape index (κ3) is 1.81. The van der Waals surface area contributed by atoms with Crippen LogP contribution < -0.4 is 5.73 Å². The number of anilines is 1. The van der Waals surface area contributed by atoms with Gasteiger partial charge in [-0.2, -0.15) is 4.39 Å². The number of nitrogens with two attached hydrogens (primary N) is 1. The number of hydrogen-bond acceptors (Lipinski definition) is 3. The number of halogens is 1. The van der Waals surface area contributed by atoms with Crippen molar-refractivity contribution >= 4 is 11.4 Å². The number of nitrogens with zero attached hydrogens (tertiary/aromatic N) is 1. The summed E-state index contributed by atoms with van der Waals surface area (Å²) in [6.45, 7) is 3.69. The number of nitro benzene ring substituents is 1. The van der Waals surface area contributed by atoms with Gasteiger partial charge < -0.3 is 5.73 Å². The summed E-state index contributed by atoms with van der Waals surface area (Å²) < 4.78 is 13.1. The van der Waals surface area contributed by atoms with E-state index < -0.39 is 16.4 Å². The molecule has 0 spiro atoms. The van der Waals surface area contributed by atoms with Gasteiger partial charge in [0.2, 0.25) is 5.82 Å². The minimum atomic E-state index is -0.840. The lowest BCUT2D eigenvalue weighted by Crippen LogP contribution is -2.01. The highest BCUT2D eigenvalue weighted by molar-refractivity contribution is 5.55. The Bertz CT molecular complexity index is 377. The zero-order valence-electron chi connectivity index (χ0n) is 7.95. The fourth-order valence-corrected chi connectivity index (χ4v) is 1.23. The average molecular weight is 198 g/mol. The predicted octanol–water partition coefficient (Wildman–Crippen LogP) is 2.44. The van der Waals surface area contributed by atoms with Crippen LogP contribution in [0, 0.1) is 15.9 Å².